The first-order chi connectivity index (χ1) is 14.1. The number of carbonyl (C=O) groups is 1. The molecule has 1 N–H and O–H groups in total. The number of carbonyl (C=O) groups excluding carboxylic acids is 1. The van der Waals surface area contributed by atoms with Gasteiger partial charge in [0.1, 0.15) is 11.3 Å². The Bertz CT molecular complexity index is 987. The van der Waals surface area contributed by atoms with Crippen molar-refractivity contribution >= 4 is 11.6 Å². The monoisotopic (exact) mass is 401 g/mol. The number of hydrogen-bond donors (Lipinski definition) is 1. The molecule has 3 aromatic rings. The molecule has 1 fully saturated rings. The first-order valence-corrected chi connectivity index (χ1v) is 9.44. The zero-order valence-corrected chi connectivity index (χ0v) is 15.7. The van der Waals surface area contributed by atoms with Crippen LogP contribution in [0.3, 0.4) is 0 Å². The molecule has 7 nitrogen and oxygen atoms in total. The molecule has 1 amide bonds. The van der Waals surface area contributed by atoms with Crippen molar-refractivity contribution in [3.63, 3.8) is 0 Å². The van der Waals surface area contributed by atoms with Crippen LogP contribution in [-0.2, 0) is 4.74 Å². The third kappa shape index (κ3) is 4.25. The largest absolute Gasteiger partial charge is 0.379 e. The second-order valence-corrected chi connectivity index (χ2v) is 6.74. The number of nitrogens with zero attached hydrogens (tertiary/aromatic N) is 4. The predicted octanol–water partition coefficient (Wildman–Crippen LogP) is 2.40. The summed E-state index contributed by atoms with van der Waals surface area (Å²) in [6, 6.07) is 10.4. The fourth-order valence-electron chi connectivity index (χ4n) is 3.32. The van der Waals surface area contributed by atoms with Gasteiger partial charge in [0.15, 0.2) is 5.65 Å². The summed E-state index contributed by atoms with van der Waals surface area (Å²) in [6.07, 6.45) is -1.39. The van der Waals surface area contributed by atoms with Crippen molar-refractivity contribution < 1.29 is 18.3 Å². The first kappa shape index (κ1) is 19.4. The summed E-state index contributed by atoms with van der Waals surface area (Å²) >= 11 is 0. The predicted molar refractivity (Wildman–Crippen MR) is 103 cm³/mol. The number of rotatable bonds is 6. The lowest BCUT2D eigenvalue weighted by atomic mass is 10.1. The van der Waals surface area contributed by atoms with E-state index in [9.17, 15) is 13.6 Å². The fraction of sp³-hybridized carbons (Fsp3) is 0.350. The Morgan fingerprint density at radius 1 is 1.21 bits per heavy atom. The average Bonchev–Trinajstić information content (AvgIpc) is 3.18. The molecule has 0 radical (unpaired) electrons. The number of hydrogen-bond acceptors (Lipinski definition) is 5. The maximum atomic E-state index is 13.4. The van der Waals surface area contributed by atoms with Crippen LogP contribution in [0.4, 0.5) is 8.78 Å². The molecule has 0 spiro atoms. The number of ether oxygens (including phenoxy) is 1. The minimum Gasteiger partial charge on any atom is -0.379 e. The number of aromatic nitrogens is 3. The van der Waals surface area contributed by atoms with E-state index in [2.05, 4.69) is 20.3 Å². The molecule has 2 aromatic heterocycles. The van der Waals surface area contributed by atoms with Crippen LogP contribution < -0.4 is 5.32 Å². The van der Waals surface area contributed by atoms with E-state index < -0.39 is 6.43 Å². The van der Waals surface area contributed by atoms with Crippen LogP contribution in [0.15, 0.2) is 42.6 Å². The van der Waals surface area contributed by atoms with E-state index in [1.54, 1.807) is 12.1 Å². The van der Waals surface area contributed by atoms with Gasteiger partial charge in [-0.25, -0.2) is 18.3 Å². The van der Waals surface area contributed by atoms with E-state index in [0.717, 1.165) is 13.1 Å². The van der Waals surface area contributed by atoms with Gasteiger partial charge in [-0.15, -0.1) is 0 Å². The molecule has 0 atom stereocenters. The molecule has 0 bridgehead atoms. The molecule has 1 aliphatic rings. The zero-order valence-electron chi connectivity index (χ0n) is 15.7. The summed E-state index contributed by atoms with van der Waals surface area (Å²) in [5.41, 5.74) is 1.07. The van der Waals surface area contributed by atoms with Crippen molar-refractivity contribution in [2.24, 2.45) is 0 Å². The quantitative estimate of drug-likeness (QED) is 0.687. The van der Waals surface area contributed by atoms with Gasteiger partial charge in [0.2, 0.25) is 0 Å². The Morgan fingerprint density at radius 3 is 2.69 bits per heavy atom. The summed E-state index contributed by atoms with van der Waals surface area (Å²) in [7, 11) is 0. The van der Waals surface area contributed by atoms with Gasteiger partial charge in [-0.3, -0.25) is 9.69 Å². The summed E-state index contributed by atoms with van der Waals surface area (Å²) in [5.74, 6) is -0.383. The SMILES string of the molecule is O=C(NCCN1CCOCC1)c1cnn2c(-c3ccccc3)cc(C(F)F)nc12. The van der Waals surface area contributed by atoms with E-state index >= 15 is 0 Å². The molecule has 9 heteroatoms. The van der Waals surface area contributed by atoms with Crippen LogP contribution in [0.1, 0.15) is 22.5 Å². The van der Waals surface area contributed by atoms with Gasteiger partial charge in [0.25, 0.3) is 12.3 Å². The van der Waals surface area contributed by atoms with E-state index in [1.165, 1.54) is 16.8 Å². The maximum absolute atomic E-state index is 13.4. The van der Waals surface area contributed by atoms with Crippen LogP contribution in [0.2, 0.25) is 0 Å². The highest BCUT2D eigenvalue weighted by Gasteiger charge is 2.21. The molecule has 0 aliphatic carbocycles. The Kier molecular flexibility index (Phi) is 5.77. The molecular formula is C20H21F2N5O2. The Balaban J connectivity index is 1.59. The number of nitrogens with one attached hydrogen (secondary N) is 1. The Morgan fingerprint density at radius 2 is 1.97 bits per heavy atom. The molecule has 1 aliphatic heterocycles. The number of morpholine rings is 1. The van der Waals surface area contributed by atoms with Crippen LogP contribution in [0.5, 0.6) is 0 Å². The molecular weight excluding hydrogens is 380 g/mol. The summed E-state index contributed by atoms with van der Waals surface area (Å²) in [4.78, 5) is 18.9. The van der Waals surface area contributed by atoms with Gasteiger partial charge in [-0.1, -0.05) is 30.3 Å². The fourth-order valence-corrected chi connectivity index (χ4v) is 3.32. The number of fused-ring (bicyclic) bond motifs is 1. The Hall–Kier alpha value is -2.91. The van der Waals surface area contributed by atoms with Gasteiger partial charge in [0, 0.05) is 31.7 Å². The normalized spacial score (nSPS) is 15.1. The van der Waals surface area contributed by atoms with Crippen LogP contribution in [-0.4, -0.2) is 64.8 Å². The van der Waals surface area contributed by atoms with Crippen LogP contribution in [0.25, 0.3) is 16.9 Å². The number of alkyl halides is 2. The standard InChI is InChI=1S/C20H21F2N5O2/c21-18(22)16-12-17(14-4-2-1-3-5-14)27-19(25-16)15(13-24-27)20(28)23-6-7-26-8-10-29-11-9-26/h1-5,12-13,18H,6-11H2,(H,23,28). The van der Waals surface area contributed by atoms with Gasteiger partial charge in [0.05, 0.1) is 25.1 Å². The van der Waals surface area contributed by atoms with Crippen molar-refractivity contribution in [3.8, 4) is 11.3 Å². The van der Waals surface area contributed by atoms with Crippen LogP contribution in [0, 0.1) is 0 Å². The lowest BCUT2D eigenvalue weighted by Crippen LogP contribution is -2.41. The van der Waals surface area contributed by atoms with Crippen molar-refractivity contribution in [2.45, 2.75) is 6.43 Å². The molecule has 3 heterocycles. The van der Waals surface area contributed by atoms with Crippen molar-refractivity contribution in [2.75, 3.05) is 39.4 Å². The minimum absolute atomic E-state index is 0.116. The number of benzene rings is 1. The number of amides is 1. The second-order valence-electron chi connectivity index (χ2n) is 6.74. The highest BCUT2D eigenvalue weighted by molar-refractivity contribution is 6.00. The van der Waals surface area contributed by atoms with Crippen LogP contribution >= 0.6 is 0 Å². The molecule has 1 aromatic carbocycles. The van der Waals surface area contributed by atoms with Gasteiger partial charge in [-0.05, 0) is 6.07 Å². The van der Waals surface area contributed by atoms with E-state index in [1.807, 2.05) is 18.2 Å². The van der Waals surface area contributed by atoms with Gasteiger partial charge >= 0.3 is 0 Å². The smallest absolute Gasteiger partial charge is 0.280 e. The zero-order chi connectivity index (χ0) is 20.2. The third-order valence-corrected chi connectivity index (χ3v) is 4.85. The lowest BCUT2D eigenvalue weighted by Gasteiger charge is -2.26. The molecule has 1 saturated heterocycles. The lowest BCUT2D eigenvalue weighted by molar-refractivity contribution is 0.0383. The summed E-state index contributed by atoms with van der Waals surface area (Å²) in [5, 5.41) is 7.07. The van der Waals surface area contributed by atoms with Gasteiger partial charge < -0.3 is 10.1 Å². The van der Waals surface area contributed by atoms with Crippen molar-refractivity contribution in [1.82, 2.24) is 24.8 Å². The number of halogens is 2. The van der Waals surface area contributed by atoms with Gasteiger partial charge in [-0.2, -0.15) is 5.10 Å². The highest BCUT2D eigenvalue weighted by atomic mass is 19.3. The molecule has 152 valence electrons. The average molecular weight is 401 g/mol. The maximum Gasteiger partial charge on any atom is 0.280 e. The Labute approximate surface area is 166 Å². The molecule has 0 unspecified atom stereocenters. The second kappa shape index (κ2) is 8.62. The highest BCUT2D eigenvalue weighted by Crippen LogP contribution is 2.26. The third-order valence-electron chi connectivity index (χ3n) is 4.85. The van der Waals surface area contributed by atoms with E-state index in [-0.39, 0.29) is 22.8 Å². The molecule has 29 heavy (non-hydrogen) atoms. The van der Waals surface area contributed by atoms with E-state index in [0.29, 0.717) is 37.6 Å². The first-order valence-electron chi connectivity index (χ1n) is 9.44. The van der Waals surface area contributed by atoms with Crippen molar-refractivity contribution in [3.05, 3.63) is 53.9 Å². The summed E-state index contributed by atoms with van der Waals surface area (Å²) in [6.45, 7) is 4.16. The molecule has 0 saturated carbocycles. The minimum atomic E-state index is -2.76. The van der Waals surface area contributed by atoms with Crippen molar-refractivity contribution in [1.29, 1.82) is 0 Å². The molecule has 4 rings (SSSR count). The summed E-state index contributed by atoms with van der Waals surface area (Å²) < 4.78 is 33.6. The van der Waals surface area contributed by atoms with E-state index in [4.69, 9.17) is 4.74 Å². The topological polar surface area (TPSA) is 71.8 Å².